The fourth-order valence-electron chi connectivity index (χ4n) is 2.27. The molecule has 0 unspecified atom stereocenters. The molecule has 20 heavy (non-hydrogen) atoms. The topological polar surface area (TPSA) is 50.4 Å². The molecule has 3 nitrogen and oxygen atoms in total. The molecule has 1 fully saturated rings. The van der Waals surface area contributed by atoms with Crippen molar-refractivity contribution < 1.29 is 4.39 Å². The molecule has 0 atom stereocenters. The van der Waals surface area contributed by atoms with Crippen molar-refractivity contribution in [3.63, 3.8) is 0 Å². The number of nitrogens with two attached hydrogens (primary N) is 1. The summed E-state index contributed by atoms with van der Waals surface area (Å²) in [5.41, 5.74) is 7.55. The van der Waals surface area contributed by atoms with E-state index in [0.29, 0.717) is 18.5 Å². The van der Waals surface area contributed by atoms with Gasteiger partial charge in [-0.2, -0.15) is 0 Å². The Labute approximate surface area is 136 Å². The van der Waals surface area contributed by atoms with E-state index in [1.54, 1.807) is 6.07 Å². The highest BCUT2D eigenvalue weighted by Crippen LogP contribution is 2.37. The largest absolute Gasteiger partial charge is 0.370 e. The molecule has 0 aromatic heterocycles. The van der Waals surface area contributed by atoms with Gasteiger partial charge in [-0.15, -0.1) is 24.0 Å². The highest BCUT2D eigenvalue weighted by atomic mass is 127. The van der Waals surface area contributed by atoms with Crippen molar-refractivity contribution in [2.45, 2.75) is 31.7 Å². The summed E-state index contributed by atoms with van der Waals surface area (Å²) >= 11 is 0. The van der Waals surface area contributed by atoms with Gasteiger partial charge in [0.1, 0.15) is 5.82 Å². The third-order valence-corrected chi connectivity index (χ3v) is 3.35. The molecule has 3 N–H and O–H groups in total. The molecule has 1 aromatic carbocycles. The molecular weight excluding hydrogens is 368 g/mol. The number of benzene rings is 1. The lowest BCUT2D eigenvalue weighted by Crippen LogP contribution is -2.46. The van der Waals surface area contributed by atoms with Crippen LogP contribution in [-0.4, -0.2) is 18.5 Å². The third kappa shape index (κ3) is 4.47. The van der Waals surface area contributed by atoms with Crippen LogP contribution in [-0.2, 0) is 0 Å². The van der Waals surface area contributed by atoms with Gasteiger partial charge >= 0.3 is 0 Å². The monoisotopic (exact) mass is 389 g/mol. The maximum Gasteiger partial charge on any atom is 0.189 e. The van der Waals surface area contributed by atoms with Crippen LogP contribution in [0.2, 0.25) is 0 Å². The highest BCUT2D eigenvalue weighted by Gasteiger charge is 2.32. The van der Waals surface area contributed by atoms with Crippen LogP contribution in [0.5, 0.6) is 0 Å². The summed E-state index contributed by atoms with van der Waals surface area (Å²) in [4.78, 5) is 4.17. The van der Waals surface area contributed by atoms with Crippen molar-refractivity contribution in [2.24, 2.45) is 10.7 Å². The van der Waals surface area contributed by atoms with Gasteiger partial charge in [0, 0.05) is 6.04 Å². The van der Waals surface area contributed by atoms with Crippen LogP contribution in [0.1, 0.15) is 31.2 Å². The maximum absolute atomic E-state index is 13.6. The van der Waals surface area contributed by atoms with E-state index < -0.39 is 0 Å². The number of hydrogen-bond donors (Lipinski definition) is 2. The van der Waals surface area contributed by atoms with E-state index >= 15 is 0 Å². The molecule has 0 aliphatic heterocycles. The van der Waals surface area contributed by atoms with Gasteiger partial charge in [0.05, 0.1) is 6.54 Å². The van der Waals surface area contributed by atoms with Crippen molar-refractivity contribution in [1.29, 1.82) is 0 Å². The normalized spacial score (nSPS) is 21.6. The van der Waals surface area contributed by atoms with E-state index in [4.69, 9.17) is 5.73 Å². The number of rotatable bonds is 4. The average molecular weight is 389 g/mol. The fourth-order valence-corrected chi connectivity index (χ4v) is 2.27. The Morgan fingerprint density at radius 1 is 1.45 bits per heavy atom. The minimum Gasteiger partial charge on any atom is -0.370 e. The van der Waals surface area contributed by atoms with Crippen LogP contribution in [0.4, 0.5) is 4.39 Å². The molecule has 0 amide bonds. The predicted octanol–water partition coefficient (Wildman–Crippen LogP) is 3.17. The van der Waals surface area contributed by atoms with Crippen molar-refractivity contribution in [1.82, 2.24) is 5.32 Å². The molecule has 0 radical (unpaired) electrons. The first-order valence-corrected chi connectivity index (χ1v) is 6.51. The molecule has 1 aromatic rings. The summed E-state index contributed by atoms with van der Waals surface area (Å²) < 4.78 is 13.6. The Morgan fingerprint density at radius 2 is 2.10 bits per heavy atom. The van der Waals surface area contributed by atoms with Crippen molar-refractivity contribution >= 4 is 29.9 Å². The van der Waals surface area contributed by atoms with Gasteiger partial charge in [-0.25, -0.2) is 9.38 Å². The first-order valence-electron chi connectivity index (χ1n) is 6.51. The standard InChI is InChI=1S/C15H20FN3.HI/c1-10(2)9-18-15(17)19-12-7-11(8-12)13-5-3-4-6-14(13)16;/h3-6,11-12H,1,7-9H2,2H3,(H3,17,18,19);1H. The van der Waals surface area contributed by atoms with Gasteiger partial charge in [0.15, 0.2) is 5.96 Å². The van der Waals surface area contributed by atoms with Gasteiger partial charge < -0.3 is 11.1 Å². The van der Waals surface area contributed by atoms with Crippen LogP contribution in [0.3, 0.4) is 0 Å². The molecule has 110 valence electrons. The molecular formula is C15H21FIN3. The number of nitrogens with one attached hydrogen (secondary N) is 1. The quantitative estimate of drug-likeness (QED) is 0.360. The molecule has 5 heteroatoms. The lowest BCUT2D eigenvalue weighted by Gasteiger charge is -2.36. The van der Waals surface area contributed by atoms with E-state index in [0.717, 1.165) is 24.0 Å². The van der Waals surface area contributed by atoms with Gasteiger partial charge in [-0.3, -0.25) is 0 Å². The van der Waals surface area contributed by atoms with E-state index in [-0.39, 0.29) is 35.7 Å². The van der Waals surface area contributed by atoms with Crippen LogP contribution in [0, 0.1) is 5.82 Å². The summed E-state index contributed by atoms with van der Waals surface area (Å²) in [7, 11) is 0. The summed E-state index contributed by atoms with van der Waals surface area (Å²) in [6.45, 7) is 6.22. The Kier molecular flexibility index (Phi) is 6.45. The van der Waals surface area contributed by atoms with Gasteiger partial charge in [-0.1, -0.05) is 30.4 Å². The first kappa shape index (κ1) is 16.9. The second kappa shape index (κ2) is 7.61. The maximum atomic E-state index is 13.6. The minimum absolute atomic E-state index is 0. The molecule has 0 bridgehead atoms. The van der Waals surface area contributed by atoms with Crippen molar-refractivity contribution in [3.8, 4) is 0 Å². The van der Waals surface area contributed by atoms with E-state index in [2.05, 4.69) is 16.9 Å². The second-order valence-electron chi connectivity index (χ2n) is 5.19. The average Bonchev–Trinajstić information content (AvgIpc) is 2.32. The molecule has 0 saturated heterocycles. The first-order chi connectivity index (χ1) is 9.06. The van der Waals surface area contributed by atoms with Gasteiger partial charge in [-0.05, 0) is 37.3 Å². The summed E-state index contributed by atoms with van der Waals surface area (Å²) in [6.07, 6.45) is 1.79. The molecule has 1 aliphatic carbocycles. The number of halogens is 2. The van der Waals surface area contributed by atoms with Gasteiger partial charge in [0.25, 0.3) is 0 Å². The number of aliphatic imine (C=N–C) groups is 1. The molecule has 0 spiro atoms. The Morgan fingerprint density at radius 3 is 2.70 bits per heavy atom. The predicted molar refractivity (Wildman–Crippen MR) is 92.0 cm³/mol. The van der Waals surface area contributed by atoms with Crippen LogP contribution < -0.4 is 11.1 Å². The van der Waals surface area contributed by atoms with E-state index in [1.807, 2.05) is 19.1 Å². The number of guanidine groups is 1. The molecule has 2 rings (SSSR count). The fraction of sp³-hybridized carbons (Fsp3) is 0.400. The summed E-state index contributed by atoms with van der Waals surface area (Å²) in [5, 5.41) is 3.16. The summed E-state index contributed by atoms with van der Waals surface area (Å²) in [6, 6.07) is 7.25. The van der Waals surface area contributed by atoms with Crippen molar-refractivity contribution in [2.75, 3.05) is 6.54 Å². The highest BCUT2D eigenvalue weighted by molar-refractivity contribution is 14.0. The zero-order chi connectivity index (χ0) is 13.8. The summed E-state index contributed by atoms with van der Waals surface area (Å²) in [5.74, 6) is 0.613. The van der Waals surface area contributed by atoms with Crippen LogP contribution >= 0.6 is 24.0 Å². The Balaban J connectivity index is 0.00000200. The van der Waals surface area contributed by atoms with Crippen molar-refractivity contribution in [3.05, 3.63) is 47.8 Å². The molecule has 0 heterocycles. The van der Waals surface area contributed by atoms with E-state index in [1.165, 1.54) is 6.07 Å². The Bertz CT molecular complexity index is 496. The van der Waals surface area contributed by atoms with Crippen LogP contribution in [0.15, 0.2) is 41.4 Å². The lowest BCUT2D eigenvalue weighted by atomic mass is 9.76. The Hall–Kier alpha value is -1.11. The van der Waals surface area contributed by atoms with E-state index in [9.17, 15) is 4.39 Å². The second-order valence-corrected chi connectivity index (χ2v) is 5.19. The molecule has 1 saturated carbocycles. The lowest BCUT2D eigenvalue weighted by molar-refractivity contribution is 0.316. The minimum atomic E-state index is -0.116. The SMILES string of the molecule is C=C(C)CN=C(N)NC1CC(c2ccccc2F)C1.I. The zero-order valence-electron chi connectivity index (χ0n) is 11.6. The molecule has 1 aliphatic rings. The zero-order valence-corrected chi connectivity index (χ0v) is 13.9. The smallest absolute Gasteiger partial charge is 0.189 e. The van der Waals surface area contributed by atoms with Gasteiger partial charge in [0.2, 0.25) is 0 Å². The van der Waals surface area contributed by atoms with Crippen LogP contribution in [0.25, 0.3) is 0 Å². The number of nitrogens with zero attached hydrogens (tertiary/aromatic N) is 1. The number of hydrogen-bond acceptors (Lipinski definition) is 1. The third-order valence-electron chi connectivity index (χ3n) is 3.35.